The molecular formula is C23H18N4O3S. The zero-order valence-corrected chi connectivity index (χ0v) is 17.2. The zero-order chi connectivity index (χ0) is 21.4. The van der Waals surface area contributed by atoms with Crippen molar-refractivity contribution in [2.75, 3.05) is 0 Å². The fourth-order valence-electron chi connectivity index (χ4n) is 3.34. The van der Waals surface area contributed by atoms with Crippen LogP contribution in [0, 0.1) is 5.21 Å². The van der Waals surface area contributed by atoms with E-state index in [9.17, 15) is 14.8 Å². The Morgan fingerprint density at radius 1 is 1.16 bits per heavy atom. The first-order valence-corrected chi connectivity index (χ1v) is 10.7. The second-order valence-corrected chi connectivity index (χ2v) is 8.51. The molecule has 1 saturated carbocycles. The normalized spacial score (nSPS) is 13.3. The van der Waals surface area contributed by atoms with Crippen LogP contribution in [0.3, 0.4) is 0 Å². The number of carbonyl (C=O) groups is 1. The highest BCUT2D eigenvalue weighted by Gasteiger charge is 2.26. The Morgan fingerprint density at radius 2 is 2.00 bits per heavy atom. The lowest BCUT2D eigenvalue weighted by atomic mass is 10.1. The van der Waals surface area contributed by atoms with Gasteiger partial charge in [0.15, 0.2) is 12.4 Å². The SMILES string of the molecule is O=C(NC1CC1)c1cn(-c2cccc(Sc3ccc[n+]([O-])c3)c2)c2ncccc2c1=O. The molecule has 1 fully saturated rings. The van der Waals surface area contributed by atoms with Crippen molar-refractivity contribution in [2.24, 2.45) is 0 Å². The number of carbonyl (C=O) groups excluding carboxylic acids is 1. The molecule has 31 heavy (non-hydrogen) atoms. The fourth-order valence-corrected chi connectivity index (χ4v) is 4.24. The Balaban J connectivity index is 1.60. The van der Waals surface area contributed by atoms with Crippen molar-refractivity contribution in [2.45, 2.75) is 28.7 Å². The van der Waals surface area contributed by atoms with E-state index in [1.165, 1.54) is 24.2 Å². The lowest BCUT2D eigenvalue weighted by molar-refractivity contribution is -0.607. The summed E-state index contributed by atoms with van der Waals surface area (Å²) in [6.07, 6.45) is 8.01. The second-order valence-electron chi connectivity index (χ2n) is 7.36. The van der Waals surface area contributed by atoms with Gasteiger partial charge in [0.25, 0.3) is 5.91 Å². The Hall–Kier alpha value is -3.65. The molecule has 8 heteroatoms. The molecule has 0 aliphatic heterocycles. The molecule has 3 aromatic heterocycles. The Labute approximate surface area is 182 Å². The van der Waals surface area contributed by atoms with Crippen molar-refractivity contribution >= 4 is 28.7 Å². The van der Waals surface area contributed by atoms with Gasteiger partial charge in [0, 0.05) is 35.1 Å². The summed E-state index contributed by atoms with van der Waals surface area (Å²) in [5.41, 5.74) is 1.02. The highest BCUT2D eigenvalue weighted by Crippen LogP contribution is 2.29. The van der Waals surface area contributed by atoms with Gasteiger partial charge in [0.1, 0.15) is 11.2 Å². The van der Waals surface area contributed by atoms with Gasteiger partial charge in [0.2, 0.25) is 5.43 Å². The average Bonchev–Trinajstić information content (AvgIpc) is 3.58. The summed E-state index contributed by atoms with van der Waals surface area (Å²) in [6.45, 7) is 0. The van der Waals surface area contributed by atoms with Gasteiger partial charge in [-0.1, -0.05) is 17.8 Å². The molecule has 1 aliphatic carbocycles. The largest absolute Gasteiger partial charge is 0.619 e. The number of hydrogen-bond acceptors (Lipinski definition) is 5. The third-order valence-corrected chi connectivity index (χ3v) is 5.97. The van der Waals surface area contributed by atoms with E-state index in [-0.39, 0.29) is 22.9 Å². The summed E-state index contributed by atoms with van der Waals surface area (Å²) in [5.74, 6) is -0.359. The first-order chi connectivity index (χ1) is 15.1. The van der Waals surface area contributed by atoms with Crippen LogP contribution in [0.5, 0.6) is 0 Å². The van der Waals surface area contributed by atoms with Gasteiger partial charge < -0.3 is 15.1 Å². The third-order valence-electron chi connectivity index (χ3n) is 5.00. The van der Waals surface area contributed by atoms with Gasteiger partial charge in [-0.25, -0.2) is 4.98 Å². The van der Waals surface area contributed by atoms with Crippen LogP contribution in [-0.4, -0.2) is 21.5 Å². The number of rotatable bonds is 5. The van der Waals surface area contributed by atoms with E-state index in [0.29, 0.717) is 11.0 Å². The van der Waals surface area contributed by atoms with Crippen molar-refractivity contribution in [3.05, 3.63) is 94.3 Å². The lowest BCUT2D eigenvalue weighted by Crippen LogP contribution is -2.31. The van der Waals surface area contributed by atoms with Crippen molar-refractivity contribution in [1.29, 1.82) is 0 Å². The van der Waals surface area contributed by atoms with Gasteiger partial charge in [-0.05, 0) is 49.2 Å². The van der Waals surface area contributed by atoms with Crippen molar-refractivity contribution in [3.63, 3.8) is 0 Å². The lowest BCUT2D eigenvalue weighted by Gasteiger charge is -2.13. The van der Waals surface area contributed by atoms with Gasteiger partial charge in [-0.2, -0.15) is 4.73 Å². The number of nitrogens with one attached hydrogen (secondary N) is 1. The molecule has 154 valence electrons. The van der Waals surface area contributed by atoms with Crippen LogP contribution >= 0.6 is 11.8 Å². The van der Waals surface area contributed by atoms with E-state index < -0.39 is 0 Å². The van der Waals surface area contributed by atoms with E-state index in [1.807, 2.05) is 30.3 Å². The quantitative estimate of drug-likeness (QED) is 0.388. The maximum Gasteiger partial charge on any atom is 0.257 e. The third kappa shape index (κ3) is 4.02. The minimum absolute atomic E-state index is 0.0981. The summed E-state index contributed by atoms with van der Waals surface area (Å²) in [7, 11) is 0. The number of nitrogens with zero attached hydrogens (tertiary/aromatic N) is 3. The predicted octanol–water partition coefficient (Wildman–Crippen LogP) is 3.06. The van der Waals surface area contributed by atoms with E-state index in [0.717, 1.165) is 33.1 Å². The smallest absolute Gasteiger partial charge is 0.257 e. The molecular weight excluding hydrogens is 412 g/mol. The molecule has 1 amide bonds. The van der Waals surface area contributed by atoms with Crippen LogP contribution < -0.4 is 15.5 Å². The first kappa shape index (κ1) is 19.3. The highest BCUT2D eigenvalue weighted by molar-refractivity contribution is 7.99. The van der Waals surface area contributed by atoms with Crippen molar-refractivity contribution in [1.82, 2.24) is 14.9 Å². The molecule has 0 bridgehead atoms. The van der Waals surface area contributed by atoms with Crippen molar-refractivity contribution < 1.29 is 9.52 Å². The maximum atomic E-state index is 12.9. The molecule has 1 N–H and O–H groups in total. The topological polar surface area (TPSA) is 90.9 Å². The maximum absolute atomic E-state index is 12.9. The number of fused-ring (bicyclic) bond motifs is 1. The number of pyridine rings is 3. The van der Waals surface area contributed by atoms with E-state index >= 15 is 0 Å². The van der Waals surface area contributed by atoms with Crippen LogP contribution in [0.2, 0.25) is 0 Å². The van der Waals surface area contributed by atoms with Gasteiger partial charge >= 0.3 is 0 Å². The van der Waals surface area contributed by atoms with Gasteiger partial charge in [0.05, 0.1) is 10.3 Å². The second kappa shape index (κ2) is 7.88. The molecule has 4 aromatic rings. The molecule has 1 aromatic carbocycles. The standard InChI is InChI=1S/C23H18N4O3S/c28-21-19-7-2-10-24-22(19)27(14-20(21)23(29)25-15-8-9-15)16-4-1-5-17(12-16)31-18-6-3-11-26(30)13-18/h1-7,10-15H,8-9H2,(H,25,29). The molecule has 5 rings (SSSR count). The van der Waals surface area contributed by atoms with E-state index in [2.05, 4.69) is 10.3 Å². The molecule has 3 heterocycles. The predicted molar refractivity (Wildman–Crippen MR) is 117 cm³/mol. The van der Waals surface area contributed by atoms with Crippen molar-refractivity contribution in [3.8, 4) is 5.69 Å². The van der Waals surface area contributed by atoms with E-state index in [4.69, 9.17) is 0 Å². The summed E-state index contributed by atoms with van der Waals surface area (Å²) in [6, 6.07) is 14.8. The van der Waals surface area contributed by atoms with Crippen LogP contribution in [0.15, 0.2) is 87.9 Å². The highest BCUT2D eigenvalue weighted by atomic mass is 32.2. The number of benzene rings is 1. The van der Waals surface area contributed by atoms with Crippen LogP contribution in [0.1, 0.15) is 23.2 Å². The molecule has 7 nitrogen and oxygen atoms in total. The molecule has 0 saturated heterocycles. The van der Waals surface area contributed by atoms with Crippen LogP contribution in [0.4, 0.5) is 0 Å². The number of hydrogen-bond donors (Lipinski definition) is 1. The molecule has 0 unspecified atom stereocenters. The fraction of sp³-hybridized carbons (Fsp3) is 0.130. The molecule has 0 spiro atoms. The number of amides is 1. The molecule has 0 atom stereocenters. The minimum atomic E-state index is -0.359. The summed E-state index contributed by atoms with van der Waals surface area (Å²) >= 11 is 1.45. The van der Waals surface area contributed by atoms with E-state index in [1.54, 1.807) is 35.2 Å². The molecule has 1 aliphatic rings. The summed E-state index contributed by atoms with van der Waals surface area (Å²) in [4.78, 5) is 31.8. The summed E-state index contributed by atoms with van der Waals surface area (Å²) in [5, 5.41) is 14.8. The van der Waals surface area contributed by atoms with Gasteiger partial charge in [-0.3, -0.25) is 9.59 Å². The zero-order valence-electron chi connectivity index (χ0n) is 16.4. The van der Waals surface area contributed by atoms with Crippen LogP contribution in [0.25, 0.3) is 16.7 Å². The monoisotopic (exact) mass is 430 g/mol. The van der Waals surface area contributed by atoms with Crippen LogP contribution in [-0.2, 0) is 0 Å². The Bertz CT molecular complexity index is 1360. The average molecular weight is 430 g/mol. The van der Waals surface area contributed by atoms with Gasteiger partial charge in [-0.15, -0.1) is 0 Å². The minimum Gasteiger partial charge on any atom is -0.619 e. The summed E-state index contributed by atoms with van der Waals surface area (Å²) < 4.78 is 2.53. The molecule has 0 radical (unpaired) electrons. The first-order valence-electron chi connectivity index (χ1n) is 9.87. The Morgan fingerprint density at radius 3 is 2.81 bits per heavy atom. The number of aromatic nitrogens is 3. The Kier molecular flexibility index (Phi) is 4.91.